The van der Waals surface area contributed by atoms with Crippen LogP contribution in [0.25, 0.3) is 6.08 Å². The number of nitrogens with zero attached hydrogens (tertiary/aromatic N) is 3. The van der Waals surface area contributed by atoms with Crippen LogP contribution >= 0.6 is 34.9 Å². The number of fused-ring (bicyclic) bond motifs is 1. The van der Waals surface area contributed by atoms with E-state index in [4.69, 9.17) is 9.15 Å². The van der Waals surface area contributed by atoms with Gasteiger partial charge in [0.05, 0.1) is 28.5 Å². The van der Waals surface area contributed by atoms with Crippen molar-refractivity contribution < 1.29 is 13.9 Å². The molecule has 0 fully saturated rings. The number of aromatic nitrogens is 3. The number of hydrogen-bond donors (Lipinski definition) is 1. The van der Waals surface area contributed by atoms with Crippen LogP contribution < -0.4 is 20.5 Å². The Morgan fingerprint density at radius 1 is 1.21 bits per heavy atom. The van der Waals surface area contributed by atoms with E-state index < -0.39 is 12.0 Å². The largest absolute Gasteiger partial charge is 0.463 e. The minimum atomic E-state index is -0.676. The van der Waals surface area contributed by atoms with Crippen LogP contribution in [0.2, 0.25) is 0 Å². The van der Waals surface area contributed by atoms with Gasteiger partial charge in [0.2, 0.25) is 0 Å². The number of carbonyl (C=O) groups excluding carboxylic acids is 1. The number of thioether (sulfide) groups is 1. The Bertz CT molecular complexity index is 1830. The summed E-state index contributed by atoms with van der Waals surface area (Å²) in [6.45, 7) is 5.45. The van der Waals surface area contributed by atoms with Crippen molar-refractivity contribution in [1.29, 1.82) is 0 Å². The van der Waals surface area contributed by atoms with E-state index in [9.17, 15) is 14.4 Å². The number of nitrogens with one attached hydrogen (secondary N) is 1. The first-order valence-electron chi connectivity index (χ1n) is 12.0. The van der Waals surface area contributed by atoms with Crippen LogP contribution in [0.1, 0.15) is 36.9 Å². The Kier molecular flexibility index (Phi) is 7.78. The van der Waals surface area contributed by atoms with Gasteiger partial charge < -0.3 is 14.1 Å². The van der Waals surface area contributed by atoms with E-state index in [1.165, 1.54) is 29.2 Å². The first-order chi connectivity index (χ1) is 18.8. The van der Waals surface area contributed by atoms with Crippen molar-refractivity contribution >= 4 is 46.9 Å². The highest BCUT2D eigenvalue weighted by Gasteiger charge is 2.33. The van der Waals surface area contributed by atoms with E-state index in [0.717, 1.165) is 10.5 Å². The number of rotatable bonds is 7. The molecule has 1 aliphatic heterocycles. The second kappa shape index (κ2) is 11.2. The fraction of sp³-hybridized carbons (Fsp3) is 0.222. The Morgan fingerprint density at radius 3 is 2.67 bits per heavy atom. The molecule has 1 atom stereocenters. The lowest BCUT2D eigenvalue weighted by Crippen LogP contribution is -2.39. The molecule has 1 aliphatic rings. The lowest BCUT2D eigenvalue weighted by Gasteiger charge is -2.24. The fourth-order valence-electron chi connectivity index (χ4n) is 4.18. The van der Waals surface area contributed by atoms with E-state index in [2.05, 4.69) is 15.0 Å². The number of thiazole rings is 1. The average Bonchev–Trinajstić information content (AvgIpc) is 3.46. The van der Waals surface area contributed by atoms with Gasteiger partial charge in [-0.25, -0.2) is 14.8 Å². The van der Waals surface area contributed by atoms with Crippen molar-refractivity contribution in [2.24, 2.45) is 4.99 Å². The molecule has 200 valence electrons. The molecule has 12 heteroatoms. The monoisotopic (exact) mass is 580 g/mol. The number of benzene rings is 1. The van der Waals surface area contributed by atoms with Gasteiger partial charge in [0.15, 0.2) is 15.1 Å². The molecule has 0 saturated heterocycles. The van der Waals surface area contributed by atoms with Crippen LogP contribution in [-0.2, 0) is 9.53 Å². The zero-order valence-corrected chi connectivity index (χ0v) is 24.0. The zero-order valence-electron chi connectivity index (χ0n) is 21.5. The summed E-state index contributed by atoms with van der Waals surface area (Å²) in [5.41, 5.74) is 1.70. The lowest BCUT2D eigenvalue weighted by molar-refractivity contribution is -0.139. The summed E-state index contributed by atoms with van der Waals surface area (Å²) in [7, 11) is 0. The van der Waals surface area contributed by atoms with Crippen LogP contribution in [0, 0.1) is 6.92 Å². The molecule has 0 spiro atoms. The third kappa shape index (κ3) is 5.58. The summed E-state index contributed by atoms with van der Waals surface area (Å²) in [6.07, 6.45) is 3.64. The fourth-order valence-corrected chi connectivity index (χ4v) is 6.43. The summed E-state index contributed by atoms with van der Waals surface area (Å²) in [4.78, 5) is 51.6. The highest BCUT2D eigenvalue weighted by atomic mass is 32.2. The number of esters is 1. The number of ether oxygens (including phenoxy) is 1. The van der Waals surface area contributed by atoms with Crippen molar-refractivity contribution in [3.05, 3.63) is 101 Å². The maximum absolute atomic E-state index is 13.7. The molecule has 0 saturated carbocycles. The number of hydrogen-bond acceptors (Lipinski definition) is 10. The molecule has 1 N–H and O–H groups in total. The average molecular weight is 581 g/mol. The van der Waals surface area contributed by atoms with Gasteiger partial charge in [-0.05, 0) is 68.6 Å². The third-order valence-corrected chi connectivity index (χ3v) is 8.40. The van der Waals surface area contributed by atoms with Gasteiger partial charge in [-0.1, -0.05) is 23.5 Å². The zero-order chi connectivity index (χ0) is 27.7. The minimum absolute atomic E-state index is 0.211. The first-order valence-corrected chi connectivity index (χ1v) is 14.8. The molecule has 0 radical (unpaired) electrons. The highest BCUT2D eigenvalue weighted by Crippen LogP contribution is 2.32. The summed E-state index contributed by atoms with van der Waals surface area (Å²) in [5, 5.41) is 0.921. The Labute approximate surface area is 235 Å². The van der Waals surface area contributed by atoms with Gasteiger partial charge in [-0.2, -0.15) is 0 Å². The minimum Gasteiger partial charge on any atom is -0.463 e. The number of H-pyrrole nitrogens is 1. The molecule has 5 rings (SSSR count). The molecular weight excluding hydrogens is 557 g/mol. The second-order valence-electron chi connectivity index (χ2n) is 8.53. The van der Waals surface area contributed by atoms with Crippen LogP contribution in [0.4, 0.5) is 0 Å². The topological polar surface area (TPSA) is 120 Å². The maximum Gasteiger partial charge on any atom is 0.338 e. The van der Waals surface area contributed by atoms with Crippen molar-refractivity contribution in [3.8, 4) is 0 Å². The molecule has 4 heterocycles. The third-order valence-electron chi connectivity index (χ3n) is 5.87. The van der Waals surface area contributed by atoms with Crippen molar-refractivity contribution in [2.45, 2.75) is 42.0 Å². The molecule has 39 heavy (non-hydrogen) atoms. The van der Waals surface area contributed by atoms with Crippen LogP contribution in [0.5, 0.6) is 0 Å². The SMILES string of the molecule is CCOC(=O)C1=C(C)N=c2s/c(=C/c3ccc(Sc4nc(C)cc(=O)[nH]4)o3)c(=O)n2[C@H]1c1ccc(SC)cc1. The number of aryl methyl sites for hydroxylation is 1. The Morgan fingerprint density at radius 2 is 1.97 bits per heavy atom. The normalized spacial score (nSPS) is 15.3. The van der Waals surface area contributed by atoms with Gasteiger partial charge in [-0.3, -0.25) is 14.2 Å². The van der Waals surface area contributed by atoms with Gasteiger partial charge in [0.25, 0.3) is 11.1 Å². The molecule has 0 aliphatic carbocycles. The lowest BCUT2D eigenvalue weighted by atomic mass is 9.96. The van der Waals surface area contributed by atoms with E-state index in [1.807, 2.05) is 30.5 Å². The van der Waals surface area contributed by atoms with Crippen LogP contribution in [-0.4, -0.2) is 33.4 Å². The van der Waals surface area contributed by atoms with Crippen LogP contribution in [0.15, 0.2) is 87.9 Å². The van der Waals surface area contributed by atoms with Crippen molar-refractivity contribution in [1.82, 2.24) is 14.5 Å². The molecule has 4 aromatic rings. The Balaban J connectivity index is 1.57. The molecule has 9 nitrogen and oxygen atoms in total. The molecule has 1 aromatic carbocycles. The molecule has 0 bridgehead atoms. The maximum atomic E-state index is 13.7. The molecule has 0 amide bonds. The van der Waals surface area contributed by atoms with Gasteiger partial charge in [0, 0.05) is 22.7 Å². The highest BCUT2D eigenvalue weighted by molar-refractivity contribution is 7.99. The number of carbonyl (C=O) groups is 1. The van der Waals surface area contributed by atoms with Crippen molar-refractivity contribution in [2.75, 3.05) is 12.9 Å². The smallest absolute Gasteiger partial charge is 0.338 e. The molecule has 0 unspecified atom stereocenters. The van der Waals surface area contributed by atoms with Gasteiger partial charge in [0.1, 0.15) is 5.76 Å². The summed E-state index contributed by atoms with van der Waals surface area (Å²) < 4.78 is 13.2. The number of furan rings is 1. The molecular formula is C27H24N4O5S3. The predicted octanol–water partition coefficient (Wildman–Crippen LogP) is 3.66. The van der Waals surface area contributed by atoms with E-state index in [0.29, 0.717) is 42.3 Å². The summed E-state index contributed by atoms with van der Waals surface area (Å²) >= 11 is 4.01. The standard InChI is InChI=1S/C27H24N4O5S3/c1-5-35-25(34)22-15(3)29-27-31(23(22)16-6-9-18(37-4)10-7-16)24(33)19(38-27)13-17-8-11-21(36-17)39-26-28-14(2)12-20(32)30-26/h6-13,23H,5H2,1-4H3,(H,28,30,32)/b19-13+/t23-/m0/s1. The van der Waals surface area contributed by atoms with E-state index in [-0.39, 0.29) is 17.7 Å². The first kappa shape index (κ1) is 27.0. The van der Waals surface area contributed by atoms with E-state index >= 15 is 0 Å². The van der Waals surface area contributed by atoms with Gasteiger partial charge in [-0.15, -0.1) is 11.8 Å². The number of allylic oxidation sites excluding steroid dienone is 1. The Hall–Kier alpha value is -3.61. The van der Waals surface area contributed by atoms with E-state index in [1.54, 1.807) is 55.3 Å². The quantitative estimate of drug-likeness (QED) is 0.200. The second-order valence-corrected chi connectivity index (χ2v) is 11.4. The molecule has 3 aromatic heterocycles. The van der Waals surface area contributed by atoms with Crippen molar-refractivity contribution in [3.63, 3.8) is 0 Å². The van der Waals surface area contributed by atoms with Crippen LogP contribution in [0.3, 0.4) is 0 Å². The van der Waals surface area contributed by atoms with Gasteiger partial charge >= 0.3 is 5.97 Å². The number of aromatic amines is 1. The summed E-state index contributed by atoms with van der Waals surface area (Å²) in [5.74, 6) is -0.0394. The predicted molar refractivity (Wildman–Crippen MR) is 151 cm³/mol. The summed E-state index contributed by atoms with van der Waals surface area (Å²) in [6, 6.07) is 12.0.